The number of fused-ring (bicyclic) bond motifs is 1. The summed E-state index contributed by atoms with van der Waals surface area (Å²) in [6.07, 6.45) is 1.87. The molecule has 3 rings (SSSR count). The Morgan fingerprint density at radius 1 is 1.39 bits per heavy atom. The van der Waals surface area contributed by atoms with Gasteiger partial charge in [0.05, 0.1) is 17.3 Å². The number of hydrogen-bond acceptors (Lipinski definition) is 4. The first kappa shape index (κ1) is 11.5. The van der Waals surface area contributed by atoms with E-state index in [4.69, 9.17) is 5.26 Å². The molecule has 1 aromatic carbocycles. The van der Waals surface area contributed by atoms with Gasteiger partial charge in [0, 0.05) is 19.1 Å². The van der Waals surface area contributed by atoms with Gasteiger partial charge in [0.2, 0.25) is 10.0 Å². The van der Waals surface area contributed by atoms with E-state index in [1.807, 2.05) is 6.07 Å². The number of benzene rings is 1. The van der Waals surface area contributed by atoms with E-state index in [2.05, 4.69) is 5.32 Å². The third-order valence-corrected chi connectivity index (χ3v) is 5.29. The molecule has 1 saturated carbocycles. The first-order valence-corrected chi connectivity index (χ1v) is 7.37. The van der Waals surface area contributed by atoms with Crippen LogP contribution in [0.15, 0.2) is 23.1 Å². The number of anilines is 1. The average Bonchev–Trinajstić information content (AvgIpc) is 3.17. The SMILES string of the molecule is N#Cc1ccc2c(c1)S(=O)(=O)N(C1CC1)CCN2. The highest BCUT2D eigenvalue weighted by molar-refractivity contribution is 7.89. The Bertz CT molecular complexity index is 629. The molecule has 6 heteroatoms. The van der Waals surface area contributed by atoms with E-state index in [1.54, 1.807) is 16.4 Å². The summed E-state index contributed by atoms with van der Waals surface area (Å²) in [5.74, 6) is 0. The molecule has 0 amide bonds. The highest BCUT2D eigenvalue weighted by Crippen LogP contribution is 2.35. The van der Waals surface area contributed by atoms with Gasteiger partial charge >= 0.3 is 0 Å². The minimum atomic E-state index is -3.47. The van der Waals surface area contributed by atoms with Crippen LogP contribution in [-0.4, -0.2) is 31.9 Å². The van der Waals surface area contributed by atoms with Gasteiger partial charge in [-0.15, -0.1) is 0 Å². The van der Waals surface area contributed by atoms with Crippen LogP contribution in [0.5, 0.6) is 0 Å². The average molecular weight is 263 g/mol. The van der Waals surface area contributed by atoms with E-state index in [1.165, 1.54) is 6.07 Å². The second kappa shape index (κ2) is 3.97. The molecule has 5 nitrogen and oxygen atoms in total. The molecule has 0 saturated heterocycles. The molecule has 0 atom stereocenters. The molecule has 1 aliphatic carbocycles. The zero-order valence-corrected chi connectivity index (χ0v) is 10.6. The molecular formula is C12H13N3O2S. The number of hydrogen-bond donors (Lipinski definition) is 1. The Kier molecular flexibility index (Phi) is 2.54. The van der Waals surface area contributed by atoms with E-state index in [-0.39, 0.29) is 10.9 Å². The lowest BCUT2D eigenvalue weighted by atomic mass is 10.2. The number of nitriles is 1. The molecule has 1 N–H and O–H groups in total. The predicted octanol–water partition coefficient (Wildman–Crippen LogP) is 1.14. The van der Waals surface area contributed by atoms with Crippen molar-refractivity contribution in [1.82, 2.24) is 4.31 Å². The second-order valence-electron chi connectivity index (χ2n) is 4.60. The van der Waals surface area contributed by atoms with E-state index in [0.29, 0.717) is 24.3 Å². The van der Waals surface area contributed by atoms with E-state index >= 15 is 0 Å². The van der Waals surface area contributed by atoms with Gasteiger partial charge in [-0.2, -0.15) is 9.57 Å². The quantitative estimate of drug-likeness (QED) is 0.824. The summed E-state index contributed by atoms with van der Waals surface area (Å²) in [5.41, 5.74) is 0.967. The summed E-state index contributed by atoms with van der Waals surface area (Å²) in [6.45, 7) is 1.10. The summed E-state index contributed by atoms with van der Waals surface area (Å²) in [4.78, 5) is 0.228. The Hall–Kier alpha value is -1.58. The van der Waals surface area contributed by atoms with Crippen molar-refractivity contribution >= 4 is 15.7 Å². The molecular weight excluding hydrogens is 250 g/mol. The van der Waals surface area contributed by atoms with Gasteiger partial charge in [-0.25, -0.2) is 8.42 Å². The standard InChI is InChI=1S/C12H13N3O2S/c13-8-9-1-4-11-12(7-9)18(16,17)15(6-5-14-11)10-2-3-10/h1,4,7,10,14H,2-3,5-6H2. The summed E-state index contributed by atoms with van der Waals surface area (Å²) >= 11 is 0. The first-order chi connectivity index (χ1) is 8.63. The van der Waals surface area contributed by atoms with Gasteiger partial charge in [-0.3, -0.25) is 0 Å². The fourth-order valence-corrected chi connectivity index (χ4v) is 4.12. The minimum Gasteiger partial charge on any atom is -0.383 e. The van der Waals surface area contributed by atoms with Crippen LogP contribution >= 0.6 is 0 Å². The van der Waals surface area contributed by atoms with Crippen LogP contribution in [0.2, 0.25) is 0 Å². The molecule has 1 aliphatic heterocycles. The molecule has 18 heavy (non-hydrogen) atoms. The number of nitrogens with one attached hydrogen (secondary N) is 1. The smallest absolute Gasteiger partial charge is 0.245 e. The molecule has 1 fully saturated rings. The van der Waals surface area contributed by atoms with Crippen molar-refractivity contribution in [1.29, 1.82) is 5.26 Å². The first-order valence-electron chi connectivity index (χ1n) is 5.93. The van der Waals surface area contributed by atoms with Crippen molar-refractivity contribution in [3.05, 3.63) is 23.8 Å². The van der Waals surface area contributed by atoms with Crippen molar-refractivity contribution in [2.75, 3.05) is 18.4 Å². The Morgan fingerprint density at radius 3 is 2.83 bits per heavy atom. The van der Waals surface area contributed by atoms with Crippen molar-refractivity contribution in [3.63, 3.8) is 0 Å². The second-order valence-corrected chi connectivity index (χ2v) is 6.46. The third kappa shape index (κ3) is 1.76. The fraction of sp³-hybridized carbons (Fsp3) is 0.417. The van der Waals surface area contributed by atoms with Crippen LogP contribution < -0.4 is 5.32 Å². The molecule has 0 unspecified atom stereocenters. The van der Waals surface area contributed by atoms with Crippen LogP contribution in [0.1, 0.15) is 18.4 Å². The molecule has 1 aromatic rings. The summed E-state index contributed by atoms with van der Waals surface area (Å²) < 4.78 is 26.7. The summed E-state index contributed by atoms with van der Waals surface area (Å²) in [6, 6.07) is 6.89. The lowest BCUT2D eigenvalue weighted by molar-refractivity contribution is 0.419. The Labute approximate surface area is 106 Å². The van der Waals surface area contributed by atoms with Crippen molar-refractivity contribution in [2.45, 2.75) is 23.8 Å². The monoisotopic (exact) mass is 263 g/mol. The van der Waals surface area contributed by atoms with Crippen LogP contribution in [0.25, 0.3) is 0 Å². The highest BCUT2D eigenvalue weighted by Gasteiger charge is 2.40. The summed E-state index contributed by atoms with van der Waals surface area (Å²) in [5, 5.41) is 12.0. The Morgan fingerprint density at radius 2 is 2.17 bits per heavy atom. The fourth-order valence-electron chi connectivity index (χ4n) is 2.24. The van der Waals surface area contributed by atoms with Crippen LogP contribution in [0.4, 0.5) is 5.69 Å². The normalized spacial score (nSPS) is 22.4. The van der Waals surface area contributed by atoms with E-state index < -0.39 is 10.0 Å². The third-order valence-electron chi connectivity index (χ3n) is 3.30. The molecule has 94 valence electrons. The predicted molar refractivity (Wildman–Crippen MR) is 66.6 cm³/mol. The van der Waals surface area contributed by atoms with Crippen LogP contribution in [-0.2, 0) is 10.0 Å². The number of rotatable bonds is 1. The topological polar surface area (TPSA) is 73.2 Å². The molecule has 0 aromatic heterocycles. The van der Waals surface area contributed by atoms with Crippen LogP contribution in [0, 0.1) is 11.3 Å². The highest BCUT2D eigenvalue weighted by atomic mass is 32.2. The minimum absolute atomic E-state index is 0.147. The molecule has 0 radical (unpaired) electrons. The maximum absolute atomic E-state index is 12.6. The maximum atomic E-state index is 12.6. The number of sulfonamides is 1. The van der Waals surface area contributed by atoms with Gasteiger partial charge in [0.1, 0.15) is 4.90 Å². The molecule has 0 spiro atoms. The van der Waals surface area contributed by atoms with Gasteiger partial charge in [0.25, 0.3) is 0 Å². The molecule has 2 aliphatic rings. The molecule has 0 bridgehead atoms. The van der Waals surface area contributed by atoms with Crippen molar-refractivity contribution in [3.8, 4) is 6.07 Å². The zero-order chi connectivity index (χ0) is 12.8. The van der Waals surface area contributed by atoms with Crippen LogP contribution in [0.3, 0.4) is 0 Å². The zero-order valence-electron chi connectivity index (χ0n) is 9.76. The lowest BCUT2D eigenvalue weighted by Crippen LogP contribution is -2.34. The van der Waals surface area contributed by atoms with Gasteiger partial charge in [-0.1, -0.05) is 0 Å². The van der Waals surface area contributed by atoms with Gasteiger partial charge < -0.3 is 5.32 Å². The largest absolute Gasteiger partial charge is 0.383 e. The van der Waals surface area contributed by atoms with E-state index in [9.17, 15) is 8.42 Å². The van der Waals surface area contributed by atoms with E-state index in [0.717, 1.165) is 12.8 Å². The van der Waals surface area contributed by atoms with Gasteiger partial charge in [-0.05, 0) is 31.0 Å². The Balaban J connectivity index is 2.15. The summed E-state index contributed by atoms with van der Waals surface area (Å²) in [7, 11) is -3.47. The molecule has 1 heterocycles. The lowest BCUT2D eigenvalue weighted by Gasteiger charge is -2.18. The van der Waals surface area contributed by atoms with Crippen molar-refractivity contribution < 1.29 is 8.42 Å². The maximum Gasteiger partial charge on any atom is 0.245 e. The van der Waals surface area contributed by atoms with Gasteiger partial charge in [0.15, 0.2) is 0 Å². The van der Waals surface area contributed by atoms with Crippen molar-refractivity contribution in [2.24, 2.45) is 0 Å². The number of nitrogens with zero attached hydrogens (tertiary/aromatic N) is 2.